The van der Waals surface area contributed by atoms with Crippen LogP contribution < -0.4 is 5.46 Å². The van der Waals surface area contributed by atoms with E-state index in [-0.39, 0.29) is 0 Å². The highest BCUT2D eigenvalue weighted by atomic mass is 16.6. The van der Waals surface area contributed by atoms with Gasteiger partial charge in [-0.2, -0.15) is 0 Å². The normalized spacial score (nSPS) is 11.2. The standard InChI is InChI=1S/C15H16BNO3/c1-2-20-17-15(12-6-4-3-5-7-12)13-8-10-14(11-9-13)16(18)19/h3-11,18-19H,2H2,1H3/b17-15+. The molecule has 2 N–H and O–H groups in total. The maximum absolute atomic E-state index is 9.11. The van der Waals surface area contributed by atoms with Crippen LogP contribution in [-0.4, -0.2) is 29.5 Å². The lowest BCUT2D eigenvalue weighted by molar-refractivity contribution is 0.159. The average Bonchev–Trinajstić information content (AvgIpc) is 2.49. The summed E-state index contributed by atoms with van der Waals surface area (Å²) in [6.45, 7) is 2.36. The van der Waals surface area contributed by atoms with Crippen LogP contribution in [0.2, 0.25) is 0 Å². The van der Waals surface area contributed by atoms with Crippen molar-refractivity contribution >= 4 is 18.3 Å². The van der Waals surface area contributed by atoms with Crippen molar-refractivity contribution in [1.29, 1.82) is 0 Å². The van der Waals surface area contributed by atoms with Crippen LogP contribution in [0.4, 0.5) is 0 Å². The lowest BCUT2D eigenvalue weighted by atomic mass is 9.80. The molecule has 2 rings (SSSR count). The lowest BCUT2D eigenvalue weighted by Gasteiger charge is -2.08. The van der Waals surface area contributed by atoms with Crippen LogP contribution in [0, 0.1) is 0 Å². The van der Waals surface area contributed by atoms with E-state index < -0.39 is 7.12 Å². The van der Waals surface area contributed by atoms with Crippen LogP contribution in [-0.2, 0) is 4.84 Å². The largest absolute Gasteiger partial charge is 0.488 e. The molecule has 0 aliphatic rings. The summed E-state index contributed by atoms with van der Waals surface area (Å²) in [5.74, 6) is 0. The summed E-state index contributed by atoms with van der Waals surface area (Å²) in [5.41, 5.74) is 2.95. The van der Waals surface area contributed by atoms with Gasteiger partial charge >= 0.3 is 7.12 Å². The van der Waals surface area contributed by atoms with Crippen molar-refractivity contribution < 1.29 is 14.9 Å². The van der Waals surface area contributed by atoms with Gasteiger partial charge in [-0.3, -0.25) is 0 Å². The van der Waals surface area contributed by atoms with Gasteiger partial charge in [0.1, 0.15) is 12.3 Å². The molecule has 0 atom stereocenters. The molecule has 20 heavy (non-hydrogen) atoms. The summed E-state index contributed by atoms with van der Waals surface area (Å²) in [5, 5.41) is 22.4. The van der Waals surface area contributed by atoms with Gasteiger partial charge in [-0.15, -0.1) is 0 Å². The summed E-state index contributed by atoms with van der Waals surface area (Å²) < 4.78 is 0. The van der Waals surface area contributed by atoms with E-state index in [1.807, 2.05) is 37.3 Å². The van der Waals surface area contributed by atoms with E-state index in [9.17, 15) is 0 Å². The van der Waals surface area contributed by atoms with Gasteiger partial charge in [0.2, 0.25) is 0 Å². The fourth-order valence-corrected chi connectivity index (χ4v) is 1.81. The van der Waals surface area contributed by atoms with E-state index in [0.717, 1.165) is 11.1 Å². The minimum Gasteiger partial charge on any atom is -0.423 e. The van der Waals surface area contributed by atoms with E-state index >= 15 is 0 Å². The third-order valence-corrected chi connectivity index (χ3v) is 2.81. The molecule has 0 saturated heterocycles. The minimum atomic E-state index is -1.46. The summed E-state index contributed by atoms with van der Waals surface area (Å²) >= 11 is 0. The Balaban J connectivity index is 2.37. The van der Waals surface area contributed by atoms with Crippen LogP contribution in [0.3, 0.4) is 0 Å². The van der Waals surface area contributed by atoms with Crippen LogP contribution in [0.25, 0.3) is 0 Å². The highest BCUT2D eigenvalue weighted by Crippen LogP contribution is 2.10. The average molecular weight is 269 g/mol. The topological polar surface area (TPSA) is 62.0 Å². The van der Waals surface area contributed by atoms with Gasteiger partial charge < -0.3 is 14.9 Å². The van der Waals surface area contributed by atoms with E-state index in [1.54, 1.807) is 24.3 Å². The second kappa shape index (κ2) is 6.89. The molecule has 102 valence electrons. The first-order chi connectivity index (χ1) is 9.72. The fourth-order valence-electron chi connectivity index (χ4n) is 1.81. The molecule has 2 aromatic rings. The molecule has 0 radical (unpaired) electrons. The number of benzene rings is 2. The highest BCUT2D eigenvalue weighted by molar-refractivity contribution is 6.58. The molecular weight excluding hydrogens is 253 g/mol. The zero-order valence-electron chi connectivity index (χ0n) is 11.2. The first kappa shape index (κ1) is 14.3. The molecule has 0 spiro atoms. The molecule has 0 aliphatic carbocycles. The Morgan fingerprint density at radius 1 is 1.00 bits per heavy atom. The van der Waals surface area contributed by atoms with E-state index in [0.29, 0.717) is 17.8 Å². The predicted octanol–water partition coefficient (Wildman–Crippen LogP) is 1.16. The summed E-state index contributed by atoms with van der Waals surface area (Å²) in [6, 6.07) is 16.6. The third kappa shape index (κ3) is 3.47. The molecule has 0 heterocycles. The maximum atomic E-state index is 9.11. The Kier molecular flexibility index (Phi) is 4.93. The second-order valence-electron chi connectivity index (χ2n) is 4.22. The van der Waals surface area contributed by atoms with Gasteiger partial charge in [0.15, 0.2) is 0 Å². The van der Waals surface area contributed by atoms with Crippen molar-refractivity contribution in [3.8, 4) is 0 Å². The lowest BCUT2D eigenvalue weighted by Crippen LogP contribution is -2.29. The van der Waals surface area contributed by atoms with Crippen molar-refractivity contribution in [2.75, 3.05) is 6.61 Å². The molecule has 4 nitrogen and oxygen atoms in total. The molecule has 0 amide bonds. The summed E-state index contributed by atoms with van der Waals surface area (Å²) in [4.78, 5) is 5.17. The minimum absolute atomic E-state index is 0.442. The van der Waals surface area contributed by atoms with Gasteiger partial charge in [0.05, 0.1) is 0 Å². The molecule has 0 bridgehead atoms. The predicted molar refractivity (Wildman–Crippen MR) is 80.0 cm³/mol. The van der Waals surface area contributed by atoms with E-state index in [2.05, 4.69) is 5.16 Å². The monoisotopic (exact) mass is 269 g/mol. The summed E-state index contributed by atoms with van der Waals surface area (Å²) in [6.07, 6.45) is 0. The zero-order valence-corrected chi connectivity index (χ0v) is 11.2. The number of oxime groups is 1. The highest BCUT2D eigenvalue weighted by Gasteiger charge is 2.12. The van der Waals surface area contributed by atoms with Crippen molar-refractivity contribution in [2.45, 2.75) is 6.92 Å². The number of rotatable bonds is 5. The van der Waals surface area contributed by atoms with Crippen molar-refractivity contribution in [3.63, 3.8) is 0 Å². The Labute approximate surface area is 118 Å². The fraction of sp³-hybridized carbons (Fsp3) is 0.133. The molecule has 0 aromatic heterocycles. The maximum Gasteiger partial charge on any atom is 0.488 e. The second-order valence-corrected chi connectivity index (χ2v) is 4.22. The Hall–Kier alpha value is -2.11. The molecule has 0 saturated carbocycles. The van der Waals surface area contributed by atoms with Gasteiger partial charge in [-0.25, -0.2) is 0 Å². The van der Waals surface area contributed by atoms with Gasteiger partial charge in [0, 0.05) is 11.1 Å². The van der Waals surface area contributed by atoms with Crippen LogP contribution in [0.1, 0.15) is 18.1 Å². The molecule has 2 aromatic carbocycles. The number of hydrogen-bond donors (Lipinski definition) is 2. The first-order valence-electron chi connectivity index (χ1n) is 6.44. The SMILES string of the molecule is CCO/N=C(\c1ccccc1)c1ccc(B(O)O)cc1. The zero-order chi connectivity index (χ0) is 14.4. The van der Waals surface area contributed by atoms with Gasteiger partial charge in [-0.05, 0) is 12.4 Å². The molecular formula is C15H16BNO3. The van der Waals surface area contributed by atoms with Crippen LogP contribution in [0.15, 0.2) is 59.8 Å². The third-order valence-electron chi connectivity index (χ3n) is 2.81. The quantitative estimate of drug-likeness (QED) is 0.486. The van der Waals surface area contributed by atoms with Crippen LogP contribution >= 0.6 is 0 Å². The Morgan fingerprint density at radius 2 is 1.60 bits per heavy atom. The number of hydrogen-bond acceptors (Lipinski definition) is 4. The first-order valence-corrected chi connectivity index (χ1v) is 6.44. The smallest absolute Gasteiger partial charge is 0.423 e. The molecule has 0 aliphatic heterocycles. The van der Waals surface area contributed by atoms with E-state index in [1.165, 1.54) is 0 Å². The van der Waals surface area contributed by atoms with Crippen molar-refractivity contribution in [1.82, 2.24) is 0 Å². The van der Waals surface area contributed by atoms with E-state index in [4.69, 9.17) is 14.9 Å². The molecule has 0 unspecified atom stereocenters. The van der Waals surface area contributed by atoms with Crippen LogP contribution in [0.5, 0.6) is 0 Å². The molecule has 5 heteroatoms. The number of nitrogens with zero attached hydrogens (tertiary/aromatic N) is 1. The van der Waals surface area contributed by atoms with Crippen molar-refractivity contribution in [2.24, 2.45) is 5.16 Å². The Morgan fingerprint density at radius 3 is 2.15 bits per heavy atom. The molecule has 0 fully saturated rings. The van der Waals surface area contributed by atoms with Crippen molar-refractivity contribution in [3.05, 3.63) is 65.7 Å². The Bertz CT molecular complexity index is 567. The van der Waals surface area contributed by atoms with Gasteiger partial charge in [-0.1, -0.05) is 59.8 Å². The summed E-state index contributed by atoms with van der Waals surface area (Å²) in [7, 11) is -1.46. The van der Waals surface area contributed by atoms with Gasteiger partial charge in [0.25, 0.3) is 0 Å².